The van der Waals surface area contributed by atoms with Crippen molar-refractivity contribution in [2.24, 2.45) is 0 Å². The largest absolute Gasteiger partial charge is 0.366 e. The fraction of sp³-hybridized carbons (Fsp3) is 0.348. The Morgan fingerprint density at radius 2 is 1.71 bits per heavy atom. The molecule has 2 saturated heterocycles. The van der Waals surface area contributed by atoms with Gasteiger partial charge in [0.15, 0.2) is 0 Å². The van der Waals surface area contributed by atoms with Gasteiger partial charge in [0.05, 0.1) is 5.69 Å². The fourth-order valence-electron chi connectivity index (χ4n) is 4.87. The van der Waals surface area contributed by atoms with Crippen LogP contribution in [0.2, 0.25) is 0 Å². The van der Waals surface area contributed by atoms with Crippen LogP contribution in [0, 0.1) is 5.82 Å². The summed E-state index contributed by atoms with van der Waals surface area (Å²) in [6.45, 7) is 1.51. The van der Waals surface area contributed by atoms with Crippen LogP contribution in [-0.2, 0) is 21.5 Å². The molecule has 0 saturated carbocycles. The molecule has 1 atom stereocenters. The zero-order valence-electron chi connectivity index (χ0n) is 17.0. The van der Waals surface area contributed by atoms with Crippen LogP contribution in [0.3, 0.4) is 0 Å². The van der Waals surface area contributed by atoms with Crippen molar-refractivity contribution in [1.82, 2.24) is 15.1 Å². The van der Waals surface area contributed by atoms with Crippen LogP contribution >= 0.6 is 0 Å². The number of para-hydroxylation sites is 1. The number of piperazine rings is 1. The van der Waals surface area contributed by atoms with Crippen molar-refractivity contribution < 1.29 is 18.8 Å². The van der Waals surface area contributed by atoms with Gasteiger partial charge in [-0.15, -0.1) is 0 Å². The lowest BCUT2D eigenvalue weighted by atomic mass is 9.92. The number of halogens is 1. The molecule has 8 heteroatoms. The number of aryl methyl sites for hydroxylation is 1. The highest BCUT2D eigenvalue weighted by Crippen LogP contribution is 2.41. The minimum atomic E-state index is -1.06. The van der Waals surface area contributed by atoms with E-state index in [0.717, 1.165) is 16.0 Å². The van der Waals surface area contributed by atoms with Gasteiger partial charge in [0.2, 0.25) is 5.91 Å². The number of benzene rings is 2. The summed E-state index contributed by atoms with van der Waals surface area (Å²) in [5.41, 5.74) is 1.33. The van der Waals surface area contributed by atoms with Crippen molar-refractivity contribution in [3.63, 3.8) is 0 Å². The van der Waals surface area contributed by atoms with Crippen LogP contribution in [0.4, 0.5) is 14.9 Å². The third kappa shape index (κ3) is 3.13. The van der Waals surface area contributed by atoms with Crippen molar-refractivity contribution in [2.45, 2.75) is 18.4 Å². The molecule has 0 aromatic heterocycles. The molecule has 2 fully saturated rings. The van der Waals surface area contributed by atoms with Gasteiger partial charge in [0.1, 0.15) is 17.9 Å². The maximum Gasteiger partial charge on any atom is 0.325 e. The molecule has 2 aromatic carbocycles. The molecule has 2 heterocycles. The van der Waals surface area contributed by atoms with Gasteiger partial charge in [0.25, 0.3) is 5.91 Å². The molecule has 3 aliphatic rings. The number of rotatable bonds is 3. The van der Waals surface area contributed by atoms with E-state index in [1.54, 1.807) is 23.1 Å². The summed E-state index contributed by atoms with van der Waals surface area (Å²) in [5.74, 6) is -0.926. The van der Waals surface area contributed by atoms with E-state index in [4.69, 9.17) is 0 Å². The van der Waals surface area contributed by atoms with Crippen LogP contribution in [0.25, 0.3) is 0 Å². The lowest BCUT2D eigenvalue weighted by Gasteiger charge is -2.36. The monoisotopic (exact) mass is 422 g/mol. The van der Waals surface area contributed by atoms with Crippen molar-refractivity contribution in [3.8, 4) is 0 Å². The molecule has 2 aliphatic heterocycles. The summed E-state index contributed by atoms with van der Waals surface area (Å²) in [6, 6.07) is 13.6. The Balaban J connectivity index is 1.25. The minimum Gasteiger partial charge on any atom is -0.366 e. The zero-order chi connectivity index (χ0) is 21.6. The summed E-state index contributed by atoms with van der Waals surface area (Å²) < 4.78 is 14.0. The number of hydrogen-bond acceptors (Lipinski definition) is 4. The maximum absolute atomic E-state index is 14.0. The zero-order valence-corrected chi connectivity index (χ0v) is 17.0. The predicted octanol–water partition coefficient (Wildman–Crippen LogP) is 1.87. The van der Waals surface area contributed by atoms with Gasteiger partial charge in [0, 0.05) is 26.2 Å². The quantitative estimate of drug-likeness (QED) is 0.767. The number of urea groups is 1. The van der Waals surface area contributed by atoms with Gasteiger partial charge >= 0.3 is 6.03 Å². The molecular formula is C23H23FN4O3. The van der Waals surface area contributed by atoms with Gasteiger partial charge in [-0.25, -0.2) is 9.18 Å². The molecule has 7 nitrogen and oxygen atoms in total. The molecule has 2 aromatic rings. The van der Waals surface area contributed by atoms with Crippen LogP contribution < -0.4 is 10.2 Å². The molecule has 0 radical (unpaired) electrons. The van der Waals surface area contributed by atoms with E-state index < -0.39 is 11.6 Å². The molecular weight excluding hydrogens is 399 g/mol. The van der Waals surface area contributed by atoms with E-state index >= 15 is 0 Å². The average Bonchev–Trinajstić information content (AvgIpc) is 3.27. The van der Waals surface area contributed by atoms with Crippen molar-refractivity contribution in [3.05, 3.63) is 65.5 Å². The fourth-order valence-corrected chi connectivity index (χ4v) is 4.87. The second kappa shape index (κ2) is 7.37. The van der Waals surface area contributed by atoms with Crippen molar-refractivity contribution in [1.29, 1.82) is 0 Å². The van der Waals surface area contributed by atoms with Crippen molar-refractivity contribution in [2.75, 3.05) is 37.6 Å². The number of nitrogens with one attached hydrogen (secondary N) is 1. The van der Waals surface area contributed by atoms with E-state index in [1.807, 2.05) is 29.2 Å². The molecule has 1 unspecified atom stereocenters. The Hall–Kier alpha value is -3.42. The summed E-state index contributed by atoms with van der Waals surface area (Å²) >= 11 is 0. The molecule has 0 bridgehead atoms. The Bertz CT molecular complexity index is 1070. The van der Waals surface area contributed by atoms with E-state index in [9.17, 15) is 18.8 Å². The number of anilines is 1. The average molecular weight is 422 g/mol. The normalized spacial score (nSPS) is 22.8. The number of imide groups is 1. The topological polar surface area (TPSA) is 73.0 Å². The minimum absolute atomic E-state index is 0.278. The lowest BCUT2D eigenvalue weighted by Crippen LogP contribution is -2.52. The number of fused-ring (bicyclic) bond motifs is 2. The van der Waals surface area contributed by atoms with Gasteiger partial charge in [-0.2, -0.15) is 0 Å². The first-order chi connectivity index (χ1) is 15.0. The second-order valence-electron chi connectivity index (χ2n) is 8.20. The first kappa shape index (κ1) is 19.5. The van der Waals surface area contributed by atoms with Crippen LogP contribution in [0.1, 0.15) is 17.5 Å². The summed E-state index contributed by atoms with van der Waals surface area (Å²) in [7, 11) is 0. The number of amides is 4. The van der Waals surface area contributed by atoms with E-state index in [-0.39, 0.29) is 24.2 Å². The molecule has 31 heavy (non-hydrogen) atoms. The predicted molar refractivity (Wildman–Crippen MR) is 112 cm³/mol. The molecule has 4 amide bonds. The smallest absolute Gasteiger partial charge is 0.325 e. The van der Waals surface area contributed by atoms with Crippen LogP contribution in [0.5, 0.6) is 0 Å². The van der Waals surface area contributed by atoms with E-state index in [2.05, 4.69) is 5.32 Å². The summed E-state index contributed by atoms with van der Waals surface area (Å²) in [5, 5.41) is 2.85. The summed E-state index contributed by atoms with van der Waals surface area (Å²) in [6.07, 6.45) is 1.21. The van der Waals surface area contributed by atoms with E-state index in [1.165, 1.54) is 6.07 Å². The number of hydrogen-bond donors (Lipinski definition) is 1. The maximum atomic E-state index is 14.0. The molecule has 1 N–H and O–H groups in total. The van der Waals surface area contributed by atoms with Gasteiger partial charge < -0.3 is 15.1 Å². The van der Waals surface area contributed by atoms with Gasteiger partial charge in [-0.1, -0.05) is 36.4 Å². The third-order valence-electron chi connectivity index (χ3n) is 6.54. The van der Waals surface area contributed by atoms with Crippen LogP contribution in [-0.4, -0.2) is 60.4 Å². The standard InChI is InChI=1S/C23H23FN4O3/c24-18-7-3-4-8-19(18)26-11-13-27(14-12-26)20(29)15-28-21(30)23(25-22(28)31)10-9-16-5-1-2-6-17(16)23/h1-8H,9-15H2,(H,25,31). The third-order valence-corrected chi connectivity index (χ3v) is 6.54. The molecule has 1 aliphatic carbocycles. The molecule has 1 spiro atoms. The number of carbonyl (C=O) groups excluding carboxylic acids is 3. The second-order valence-corrected chi connectivity index (χ2v) is 8.20. The Morgan fingerprint density at radius 1 is 1.00 bits per heavy atom. The van der Waals surface area contributed by atoms with Crippen molar-refractivity contribution >= 4 is 23.5 Å². The number of carbonyl (C=O) groups is 3. The lowest BCUT2D eigenvalue weighted by molar-refractivity contribution is -0.139. The molecule has 5 rings (SSSR count). The van der Waals surface area contributed by atoms with Gasteiger partial charge in [-0.3, -0.25) is 14.5 Å². The highest BCUT2D eigenvalue weighted by Gasteiger charge is 2.55. The summed E-state index contributed by atoms with van der Waals surface area (Å²) in [4.78, 5) is 43.3. The number of nitrogens with zero attached hydrogens (tertiary/aromatic N) is 3. The highest BCUT2D eigenvalue weighted by molar-refractivity contribution is 6.09. The van der Waals surface area contributed by atoms with Gasteiger partial charge in [-0.05, 0) is 36.1 Å². The Morgan fingerprint density at radius 3 is 2.48 bits per heavy atom. The first-order valence-corrected chi connectivity index (χ1v) is 10.5. The highest BCUT2D eigenvalue weighted by atomic mass is 19.1. The molecule has 160 valence electrons. The Kier molecular flexibility index (Phi) is 4.64. The SMILES string of the molecule is O=C(CN1C(=O)NC2(CCc3ccccc32)C1=O)N1CCN(c2ccccc2F)CC1. The first-order valence-electron chi connectivity index (χ1n) is 10.5. The van der Waals surface area contributed by atoms with E-state index in [0.29, 0.717) is 44.7 Å². The Labute approximate surface area is 179 Å². The van der Waals surface area contributed by atoms with Crippen LogP contribution in [0.15, 0.2) is 48.5 Å².